The van der Waals surface area contributed by atoms with Crippen LogP contribution in [0.3, 0.4) is 0 Å². The van der Waals surface area contributed by atoms with E-state index in [1.165, 1.54) is 51.1 Å². The summed E-state index contributed by atoms with van der Waals surface area (Å²) in [5.41, 5.74) is 8.23. The molecule has 0 bridgehead atoms. The van der Waals surface area contributed by atoms with Gasteiger partial charge in [0.1, 0.15) is 11.2 Å². The summed E-state index contributed by atoms with van der Waals surface area (Å²) in [7, 11) is 0. The van der Waals surface area contributed by atoms with E-state index in [1.54, 1.807) is 0 Å². The summed E-state index contributed by atoms with van der Waals surface area (Å²) in [6, 6.07) is 70.3. The van der Waals surface area contributed by atoms with E-state index in [0.717, 1.165) is 56.1 Å². The van der Waals surface area contributed by atoms with Crippen molar-refractivity contribution in [3.8, 4) is 0 Å². The van der Waals surface area contributed by atoms with E-state index in [0.29, 0.717) is 0 Å². The van der Waals surface area contributed by atoms with Gasteiger partial charge in [-0.3, -0.25) is 0 Å². The third kappa shape index (κ3) is 5.10. The van der Waals surface area contributed by atoms with Crippen LogP contribution in [-0.2, 0) is 0 Å². The predicted octanol–water partition coefficient (Wildman–Crippen LogP) is 16.4. The van der Waals surface area contributed by atoms with Crippen LogP contribution in [0.25, 0.3) is 73.1 Å². The summed E-state index contributed by atoms with van der Waals surface area (Å²) >= 11 is 3.72. The molecule has 0 N–H and O–H groups in total. The van der Waals surface area contributed by atoms with Gasteiger partial charge >= 0.3 is 0 Å². The number of benzene rings is 9. The molecule has 268 valence electrons. The molecule has 12 rings (SSSR count). The first-order chi connectivity index (χ1) is 28.3. The first kappa shape index (κ1) is 32.3. The summed E-state index contributed by atoms with van der Waals surface area (Å²) in [6.07, 6.45) is 0. The zero-order valence-electron chi connectivity index (χ0n) is 30.6. The van der Waals surface area contributed by atoms with E-state index in [2.05, 4.69) is 192 Å². The summed E-state index contributed by atoms with van der Waals surface area (Å²) in [5, 5.41) is 9.83. The Morgan fingerprint density at radius 2 is 1.00 bits per heavy atom. The second kappa shape index (κ2) is 12.8. The quantitative estimate of drug-likeness (QED) is 0.168. The van der Waals surface area contributed by atoms with Crippen LogP contribution in [0.15, 0.2) is 199 Å². The molecule has 0 amide bonds. The van der Waals surface area contributed by atoms with Crippen molar-refractivity contribution in [2.24, 2.45) is 0 Å². The van der Waals surface area contributed by atoms with Gasteiger partial charge in [0.15, 0.2) is 0 Å². The van der Waals surface area contributed by atoms with Gasteiger partial charge in [-0.25, -0.2) is 0 Å². The Hall–Kier alpha value is -6.92. The van der Waals surface area contributed by atoms with E-state index in [9.17, 15) is 0 Å². The van der Waals surface area contributed by atoms with Crippen molar-refractivity contribution >= 4 is 130 Å². The molecular formula is C52H32N2OS2. The largest absolute Gasteiger partial charge is 0.456 e. The SMILES string of the molecule is c1ccc(N(c2ccc3c(c2)oc2ccccc23)c2cc3sc4ccc5ccccc5c4c3cc2N(c2ccccc2)c2cccc3c2sc2ccccc23)cc1. The van der Waals surface area contributed by atoms with Crippen LogP contribution in [0, 0.1) is 0 Å². The van der Waals surface area contributed by atoms with Crippen LogP contribution in [0.4, 0.5) is 34.1 Å². The second-order valence-electron chi connectivity index (χ2n) is 14.5. The molecule has 12 aromatic rings. The molecule has 0 radical (unpaired) electrons. The molecule has 0 aliphatic carbocycles. The van der Waals surface area contributed by atoms with Crippen molar-refractivity contribution < 1.29 is 4.42 Å². The fourth-order valence-electron chi connectivity index (χ4n) is 8.68. The molecule has 0 aliphatic rings. The fourth-order valence-corrected chi connectivity index (χ4v) is 11.0. The first-order valence-corrected chi connectivity index (χ1v) is 20.8. The van der Waals surface area contributed by atoms with Gasteiger partial charge in [-0.15, -0.1) is 22.7 Å². The molecule has 0 saturated heterocycles. The summed E-state index contributed by atoms with van der Waals surface area (Å²) in [4.78, 5) is 4.89. The average molecular weight is 765 g/mol. The fraction of sp³-hybridized carbons (Fsp3) is 0. The second-order valence-corrected chi connectivity index (χ2v) is 16.6. The lowest BCUT2D eigenvalue weighted by atomic mass is 10.0. The average Bonchev–Trinajstić information content (AvgIpc) is 3.96. The number of nitrogens with zero attached hydrogens (tertiary/aromatic N) is 2. The Labute approximate surface area is 336 Å². The van der Waals surface area contributed by atoms with E-state index in [-0.39, 0.29) is 0 Å². The van der Waals surface area contributed by atoms with Gasteiger partial charge in [0.25, 0.3) is 0 Å². The summed E-state index contributed by atoms with van der Waals surface area (Å²) in [6.45, 7) is 0. The molecule has 0 fully saturated rings. The van der Waals surface area contributed by atoms with Crippen molar-refractivity contribution in [2.45, 2.75) is 0 Å². The zero-order chi connectivity index (χ0) is 37.5. The monoisotopic (exact) mass is 764 g/mol. The highest BCUT2D eigenvalue weighted by Crippen LogP contribution is 2.53. The molecule has 9 aromatic carbocycles. The first-order valence-electron chi connectivity index (χ1n) is 19.2. The highest BCUT2D eigenvalue weighted by atomic mass is 32.1. The van der Waals surface area contributed by atoms with E-state index in [4.69, 9.17) is 4.42 Å². The minimum Gasteiger partial charge on any atom is -0.456 e. The van der Waals surface area contributed by atoms with Crippen LogP contribution in [0.2, 0.25) is 0 Å². The van der Waals surface area contributed by atoms with Crippen LogP contribution in [0.5, 0.6) is 0 Å². The number of hydrogen-bond acceptors (Lipinski definition) is 5. The van der Waals surface area contributed by atoms with Crippen molar-refractivity contribution in [3.05, 3.63) is 194 Å². The molecule has 0 saturated carbocycles. The molecule has 57 heavy (non-hydrogen) atoms. The normalized spacial score (nSPS) is 11.9. The Bertz CT molecular complexity index is 3490. The maximum Gasteiger partial charge on any atom is 0.137 e. The number of furan rings is 1. The summed E-state index contributed by atoms with van der Waals surface area (Å²) in [5.74, 6) is 0. The van der Waals surface area contributed by atoms with E-state index >= 15 is 0 Å². The summed E-state index contributed by atoms with van der Waals surface area (Å²) < 4.78 is 11.6. The van der Waals surface area contributed by atoms with Crippen LogP contribution in [0.1, 0.15) is 0 Å². The van der Waals surface area contributed by atoms with Gasteiger partial charge in [-0.1, -0.05) is 115 Å². The number of para-hydroxylation sites is 3. The smallest absolute Gasteiger partial charge is 0.137 e. The van der Waals surface area contributed by atoms with Crippen LogP contribution in [-0.4, -0.2) is 0 Å². The maximum atomic E-state index is 6.53. The van der Waals surface area contributed by atoms with Crippen molar-refractivity contribution in [1.29, 1.82) is 0 Å². The number of thiophene rings is 2. The Balaban J connectivity index is 1.22. The topological polar surface area (TPSA) is 19.6 Å². The van der Waals surface area contributed by atoms with Crippen LogP contribution >= 0.6 is 22.7 Å². The lowest BCUT2D eigenvalue weighted by molar-refractivity contribution is 0.669. The Morgan fingerprint density at radius 1 is 0.333 bits per heavy atom. The van der Waals surface area contributed by atoms with E-state index in [1.807, 2.05) is 34.8 Å². The van der Waals surface area contributed by atoms with E-state index < -0.39 is 0 Å². The minimum absolute atomic E-state index is 0.862. The number of fused-ring (bicyclic) bond motifs is 11. The highest BCUT2D eigenvalue weighted by Gasteiger charge is 2.27. The van der Waals surface area contributed by atoms with Gasteiger partial charge in [0, 0.05) is 69.5 Å². The van der Waals surface area contributed by atoms with Crippen molar-refractivity contribution in [2.75, 3.05) is 9.80 Å². The zero-order valence-corrected chi connectivity index (χ0v) is 32.2. The standard InChI is InChI=1S/C52H32N2OS2/c1-3-15-34(16-4-1)53(36-27-28-39-38-20-9-11-24-46(38)55-47(39)30-36)45-32-50-42(51-37-19-8-7-14-33(37)26-29-49(51)56-50)31-44(45)54(35-17-5-2-6-18-35)43-23-13-22-41-40-21-10-12-25-48(40)57-52(41)43/h1-32H. The molecule has 0 spiro atoms. The molecular weight excluding hydrogens is 733 g/mol. The molecule has 3 nitrogen and oxygen atoms in total. The number of anilines is 6. The Morgan fingerprint density at radius 3 is 1.84 bits per heavy atom. The van der Waals surface area contributed by atoms with Gasteiger partial charge in [0.05, 0.1) is 21.8 Å². The minimum atomic E-state index is 0.862. The van der Waals surface area contributed by atoms with Crippen LogP contribution < -0.4 is 9.80 Å². The van der Waals surface area contributed by atoms with Gasteiger partial charge in [-0.05, 0) is 83.6 Å². The lowest BCUT2D eigenvalue weighted by Gasteiger charge is -2.33. The van der Waals surface area contributed by atoms with Gasteiger partial charge in [0.2, 0.25) is 0 Å². The highest BCUT2D eigenvalue weighted by molar-refractivity contribution is 7.26. The lowest BCUT2D eigenvalue weighted by Crippen LogP contribution is -2.17. The number of hydrogen-bond donors (Lipinski definition) is 0. The Kier molecular flexibility index (Phi) is 7.27. The molecule has 3 aromatic heterocycles. The molecule has 5 heteroatoms. The number of rotatable bonds is 6. The predicted molar refractivity (Wildman–Crippen MR) is 246 cm³/mol. The molecule has 0 aliphatic heterocycles. The third-order valence-corrected chi connectivity index (χ3v) is 13.5. The van der Waals surface area contributed by atoms with Crippen molar-refractivity contribution in [3.63, 3.8) is 0 Å². The molecule has 0 unspecified atom stereocenters. The maximum absolute atomic E-state index is 6.53. The molecule has 0 atom stereocenters. The third-order valence-electron chi connectivity index (χ3n) is 11.2. The van der Waals surface area contributed by atoms with Gasteiger partial charge < -0.3 is 14.2 Å². The van der Waals surface area contributed by atoms with Gasteiger partial charge in [-0.2, -0.15) is 0 Å². The molecule has 3 heterocycles. The van der Waals surface area contributed by atoms with Crippen molar-refractivity contribution in [1.82, 2.24) is 0 Å².